The summed E-state index contributed by atoms with van der Waals surface area (Å²) in [4.78, 5) is 12.0. The van der Waals surface area contributed by atoms with Crippen molar-refractivity contribution in [1.29, 1.82) is 5.26 Å². The zero-order chi connectivity index (χ0) is 20.8. The van der Waals surface area contributed by atoms with Gasteiger partial charge in [-0.15, -0.1) is 11.3 Å². The molecule has 10 heteroatoms. The quantitative estimate of drug-likeness (QED) is 0.388. The highest BCUT2D eigenvalue weighted by atomic mass is 32.2. The molecule has 0 aliphatic heterocycles. The summed E-state index contributed by atoms with van der Waals surface area (Å²) in [6, 6.07) is 9.07. The van der Waals surface area contributed by atoms with E-state index in [0.29, 0.717) is 32.8 Å². The molecule has 146 valence electrons. The molecule has 2 heterocycles. The number of anilines is 2. The van der Waals surface area contributed by atoms with Crippen LogP contribution in [0.15, 0.2) is 34.7 Å². The van der Waals surface area contributed by atoms with Crippen molar-refractivity contribution in [3.63, 3.8) is 0 Å². The summed E-state index contributed by atoms with van der Waals surface area (Å²) in [5.41, 5.74) is 14.0. The topological polar surface area (TPSA) is 135 Å². The van der Waals surface area contributed by atoms with Gasteiger partial charge in [0, 0.05) is 16.7 Å². The van der Waals surface area contributed by atoms with Crippen LogP contribution in [0.3, 0.4) is 0 Å². The SMILES string of the molecule is [C-]#[N+]c1c(N)nc(SCc2csc(N)n2)c(C#N)c1-c1ccc(OCCO)cc1. The number of nitrogens with two attached hydrogens (primary N) is 2. The molecule has 1 aromatic carbocycles. The minimum Gasteiger partial charge on any atom is -0.491 e. The first-order valence-electron chi connectivity index (χ1n) is 8.35. The Kier molecular flexibility index (Phi) is 6.52. The van der Waals surface area contributed by atoms with Crippen LogP contribution in [-0.4, -0.2) is 28.3 Å². The van der Waals surface area contributed by atoms with Gasteiger partial charge in [-0.1, -0.05) is 23.9 Å². The van der Waals surface area contributed by atoms with Crippen molar-refractivity contribution < 1.29 is 9.84 Å². The molecule has 0 atom stereocenters. The number of nitrogens with zero attached hydrogens (tertiary/aromatic N) is 4. The lowest BCUT2D eigenvalue weighted by molar-refractivity contribution is 0.201. The van der Waals surface area contributed by atoms with Gasteiger partial charge in [-0.25, -0.2) is 14.8 Å². The Balaban J connectivity index is 2.01. The van der Waals surface area contributed by atoms with E-state index in [1.807, 2.05) is 5.38 Å². The number of hydrogen-bond donors (Lipinski definition) is 3. The molecule has 0 aliphatic carbocycles. The first kappa shape index (κ1) is 20.4. The van der Waals surface area contributed by atoms with E-state index in [1.165, 1.54) is 23.1 Å². The van der Waals surface area contributed by atoms with Crippen molar-refractivity contribution in [2.45, 2.75) is 10.8 Å². The molecule has 0 radical (unpaired) electrons. The van der Waals surface area contributed by atoms with Crippen molar-refractivity contribution in [3.05, 3.63) is 52.3 Å². The van der Waals surface area contributed by atoms with E-state index in [4.69, 9.17) is 27.9 Å². The predicted octanol–water partition coefficient (Wildman–Crippen LogP) is 3.46. The maximum atomic E-state index is 9.81. The summed E-state index contributed by atoms with van der Waals surface area (Å²) in [5.74, 6) is 1.11. The molecule has 3 aromatic rings. The number of hydrogen-bond acceptors (Lipinski definition) is 9. The van der Waals surface area contributed by atoms with Gasteiger partial charge in [-0.3, -0.25) is 0 Å². The average Bonchev–Trinajstić information content (AvgIpc) is 3.15. The number of rotatable bonds is 7. The van der Waals surface area contributed by atoms with Gasteiger partial charge in [0.1, 0.15) is 29.3 Å². The van der Waals surface area contributed by atoms with Gasteiger partial charge in [0.05, 0.1) is 24.4 Å². The molecule has 0 unspecified atom stereocenters. The molecule has 5 N–H and O–H groups in total. The Morgan fingerprint density at radius 2 is 2.03 bits per heavy atom. The van der Waals surface area contributed by atoms with Gasteiger partial charge < -0.3 is 21.3 Å². The third-order valence-corrected chi connectivity index (χ3v) is 5.55. The second-order valence-electron chi connectivity index (χ2n) is 5.69. The van der Waals surface area contributed by atoms with Gasteiger partial charge in [0.15, 0.2) is 5.13 Å². The molecule has 0 spiro atoms. The van der Waals surface area contributed by atoms with E-state index in [2.05, 4.69) is 20.9 Å². The van der Waals surface area contributed by atoms with E-state index in [9.17, 15) is 5.26 Å². The molecule has 8 nitrogen and oxygen atoms in total. The lowest BCUT2D eigenvalue weighted by Gasteiger charge is -2.13. The number of thiazole rings is 1. The molecule has 0 saturated carbocycles. The van der Waals surface area contributed by atoms with Gasteiger partial charge >= 0.3 is 0 Å². The number of nitrogen functional groups attached to an aromatic ring is 2. The summed E-state index contributed by atoms with van der Waals surface area (Å²) in [7, 11) is 0. The molecular formula is C19H16N6O2S2. The van der Waals surface area contributed by atoms with Crippen molar-refractivity contribution in [2.24, 2.45) is 0 Å². The number of benzene rings is 1. The number of ether oxygens (including phenoxy) is 1. The standard InChI is InChI=1S/C19H16N6O2S2/c1-23-16-15(11-2-4-13(5-3-11)27-7-6-26)14(8-20)18(25-17(16)21)28-9-12-10-29-19(22)24-12/h2-5,10,26H,6-7,9H2,(H2,21,25)(H2,22,24). The minimum atomic E-state index is -0.0890. The molecule has 3 rings (SSSR count). The van der Waals surface area contributed by atoms with E-state index in [-0.39, 0.29) is 30.3 Å². The molecule has 0 aliphatic rings. The molecule has 29 heavy (non-hydrogen) atoms. The molecule has 0 fully saturated rings. The highest BCUT2D eigenvalue weighted by molar-refractivity contribution is 7.98. The number of pyridine rings is 1. The van der Waals surface area contributed by atoms with E-state index in [0.717, 1.165) is 5.69 Å². The summed E-state index contributed by atoms with van der Waals surface area (Å²) in [6.45, 7) is 7.59. The zero-order valence-electron chi connectivity index (χ0n) is 15.1. The number of thioether (sulfide) groups is 1. The van der Waals surface area contributed by atoms with Gasteiger partial charge in [-0.2, -0.15) is 5.26 Å². The van der Waals surface area contributed by atoms with Gasteiger partial charge in [-0.05, 0) is 17.7 Å². The second-order valence-corrected chi connectivity index (χ2v) is 7.54. The maximum Gasteiger partial charge on any atom is 0.236 e. The Morgan fingerprint density at radius 1 is 1.28 bits per heavy atom. The van der Waals surface area contributed by atoms with Crippen LogP contribution in [0.5, 0.6) is 5.75 Å². The fourth-order valence-corrected chi connectivity index (χ4v) is 4.14. The number of aliphatic hydroxyl groups is 1. The van der Waals surface area contributed by atoms with Crippen LogP contribution < -0.4 is 16.2 Å². The Morgan fingerprint density at radius 3 is 2.62 bits per heavy atom. The van der Waals surface area contributed by atoms with E-state index in [1.54, 1.807) is 24.3 Å². The average molecular weight is 425 g/mol. The number of nitriles is 1. The second kappa shape index (κ2) is 9.26. The fraction of sp³-hybridized carbons (Fsp3) is 0.158. The van der Waals surface area contributed by atoms with Crippen LogP contribution in [0.1, 0.15) is 11.3 Å². The van der Waals surface area contributed by atoms with Crippen molar-refractivity contribution >= 4 is 39.7 Å². The van der Waals surface area contributed by atoms with Crippen LogP contribution in [0.4, 0.5) is 16.6 Å². The van der Waals surface area contributed by atoms with Crippen LogP contribution in [0.25, 0.3) is 16.0 Å². The van der Waals surface area contributed by atoms with E-state index >= 15 is 0 Å². The summed E-state index contributed by atoms with van der Waals surface area (Å²) in [5, 5.41) is 21.4. The molecule has 0 bridgehead atoms. The fourth-order valence-electron chi connectivity index (χ4n) is 2.59. The molecule has 0 amide bonds. The summed E-state index contributed by atoms with van der Waals surface area (Å²) >= 11 is 2.66. The smallest absolute Gasteiger partial charge is 0.236 e. The Hall–Kier alpha value is -3.31. The van der Waals surface area contributed by atoms with Crippen molar-refractivity contribution in [3.8, 4) is 22.9 Å². The highest BCUT2D eigenvalue weighted by Gasteiger charge is 2.21. The lowest BCUT2D eigenvalue weighted by Crippen LogP contribution is -2.02. The van der Waals surface area contributed by atoms with Crippen LogP contribution >= 0.6 is 23.1 Å². The van der Waals surface area contributed by atoms with Crippen molar-refractivity contribution in [2.75, 3.05) is 24.7 Å². The molecular weight excluding hydrogens is 408 g/mol. The van der Waals surface area contributed by atoms with Crippen LogP contribution in [0, 0.1) is 17.9 Å². The van der Waals surface area contributed by atoms with Crippen LogP contribution in [-0.2, 0) is 5.75 Å². The first-order valence-corrected chi connectivity index (χ1v) is 10.2. The largest absolute Gasteiger partial charge is 0.491 e. The Labute approximate surface area is 175 Å². The zero-order valence-corrected chi connectivity index (χ0v) is 16.8. The monoisotopic (exact) mass is 424 g/mol. The minimum absolute atomic E-state index is 0.0647. The third kappa shape index (κ3) is 4.58. The van der Waals surface area contributed by atoms with Gasteiger partial charge in [0.25, 0.3) is 0 Å². The summed E-state index contributed by atoms with van der Waals surface area (Å²) < 4.78 is 5.36. The Bertz CT molecular complexity index is 1100. The number of aromatic nitrogens is 2. The van der Waals surface area contributed by atoms with E-state index < -0.39 is 0 Å². The maximum absolute atomic E-state index is 9.81. The number of aliphatic hydroxyl groups excluding tert-OH is 1. The highest BCUT2D eigenvalue weighted by Crippen LogP contribution is 2.42. The molecule has 2 aromatic heterocycles. The first-order chi connectivity index (χ1) is 14.1. The third-order valence-electron chi connectivity index (χ3n) is 3.82. The lowest BCUT2D eigenvalue weighted by atomic mass is 10.00. The normalized spacial score (nSPS) is 10.3. The van der Waals surface area contributed by atoms with Gasteiger partial charge in [0.2, 0.25) is 5.69 Å². The molecule has 0 saturated heterocycles. The summed E-state index contributed by atoms with van der Waals surface area (Å²) in [6.07, 6.45) is 0. The van der Waals surface area contributed by atoms with Crippen LogP contribution in [0.2, 0.25) is 0 Å². The predicted molar refractivity (Wildman–Crippen MR) is 114 cm³/mol. The van der Waals surface area contributed by atoms with Crippen molar-refractivity contribution in [1.82, 2.24) is 9.97 Å².